The number of ether oxygens (including phenoxy) is 1. The van der Waals surface area contributed by atoms with E-state index in [0.717, 1.165) is 16.3 Å². The first kappa shape index (κ1) is 18.0. The first-order valence-electron chi connectivity index (χ1n) is 7.72. The van der Waals surface area contributed by atoms with E-state index in [9.17, 15) is 9.59 Å². The van der Waals surface area contributed by atoms with Crippen molar-refractivity contribution in [2.75, 3.05) is 38.1 Å². The Morgan fingerprint density at radius 1 is 1.05 bits per heavy atom. The Bertz CT molecular complexity index is 474. The molecule has 1 rings (SSSR count). The molecule has 1 atom stereocenters. The monoisotopic (exact) mass is 308 g/mol. The van der Waals surface area contributed by atoms with Crippen LogP contribution in [0.15, 0.2) is 24.3 Å². The van der Waals surface area contributed by atoms with Gasteiger partial charge in [-0.05, 0) is 45.0 Å². The molecule has 122 valence electrons. The maximum atomic E-state index is 12.0. The highest BCUT2D eigenvalue weighted by Crippen LogP contribution is 2.15. The zero-order chi connectivity index (χ0) is 16.4. The number of rotatable bonds is 9. The van der Waals surface area contributed by atoms with Gasteiger partial charge >= 0.3 is 0 Å². The Balaban J connectivity index is 2.47. The second-order valence-corrected chi connectivity index (χ2v) is 4.92. The number of likely N-dealkylation sites (N-methyl/N-ethyl adjacent to an activating group) is 2. The third kappa shape index (κ3) is 6.58. The van der Waals surface area contributed by atoms with E-state index in [4.69, 9.17) is 4.74 Å². The van der Waals surface area contributed by atoms with E-state index >= 15 is 0 Å². The highest BCUT2D eigenvalue weighted by atomic mass is 16.5. The van der Waals surface area contributed by atoms with Crippen LogP contribution in [0.5, 0.6) is 5.75 Å². The first-order valence-corrected chi connectivity index (χ1v) is 7.72. The average molecular weight is 308 g/mol. The summed E-state index contributed by atoms with van der Waals surface area (Å²) in [6, 6.07) is 7.24. The van der Waals surface area contributed by atoms with Crippen LogP contribution in [0.25, 0.3) is 0 Å². The predicted molar refractivity (Wildman–Crippen MR) is 86.2 cm³/mol. The normalized spacial score (nSPS) is 11.6. The predicted octanol–water partition coefficient (Wildman–Crippen LogP) is 0.0647. The van der Waals surface area contributed by atoms with Gasteiger partial charge in [-0.15, -0.1) is 0 Å². The summed E-state index contributed by atoms with van der Waals surface area (Å²) in [6.07, 6.45) is 0. The minimum atomic E-state index is -0.106. The lowest BCUT2D eigenvalue weighted by molar-refractivity contribution is -0.881. The second-order valence-electron chi connectivity index (χ2n) is 4.92. The number of carbonyl (C=O) groups is 2. The Hall–Kier alpha value is -2.08. The number of hydrogen-bond donors (Lipinski definition) is 3. The van der Waals surface area contributed by atoms with Crippen molar-refractivity contribution < 1.29 is 19.2 Å². The van der Waals surface area contributed by atoms with Gasteiger partial charge in [-0.3, -0.25) is 9.59 Å². The lowest BCUT2D eigenvalue weighted by Gasteiger charge is -2.16. The SMILES string of the molecule is CCNC(=O)C[NH+](CC)CC(=O)Nc1ccc(OCC)cc1. The third-order valence-corrected chi connectivity index (χ3v) is 3.14. The minimum absolute atomic E-state index is 0.0341. The maximum absolute atomic E-state index is 12.0. The maximum Gasteiger partial charge on any atom is 0.279 e. The highest BCUT2D eigenvalue weighted by molar-refractivity contribution is 5.91. The fourth-order valence-electron chi connectivity index (χ4n) is 2.03. The molecule has 22 heavy (non-hydrogen) atoms. The van der Waals surface area contributed by atoms with Crippen molar-refractivity contribution in [1.29, 1.82) is 0 Å². The van der Waals surface area contributed by atoms with Crippen LogP contribution >= 0.6 is 0 Å². The van der Waals surface area contributed by atoms with Crippen molar-refractivity contribution in [2.45, 2.75) is 20.8 Å². The molecule has 0 spiro atoms. The summed E-state index contributed by atoms with van der Waals surface area (Å²) < 4.78 is 5.35. The fourth-order valence-corrected chi connectivity index (χ4v) is 2.03. The summed E-state index contributed by atoms with van der Waals surface area (Å²) >= 11 is 0. The van der Waals surface area contributed by atoms with Crippen LogP contribution in [0.2, 0.25) is 0 Å². The fraction of sp³-hybridized carbons (Fsp3) is 0.500. The van der Waals surface area contributed by atoms with Gasteiger partial charge in [-0.1, -0.05) is 0 Å². The Labute approximate surface area is 131 Å². The van der Waals surface area contributed by atoms with E-state index in [-0.39, 0.29) is 18.4 Å². The lowest BCUT2D eigenvalue weighted by Crippen LogP contribution is -3.14. The van der Waals surface area contributed by atoms with Crippen molar-refractivity contribution in [3.8, 4) is 5.75 Å². The van der Waals surface area contributed by atoms with Crippen LogP contribution < -0.4 is 20.3 Å². The number of benzene rings is 1. The molecular weight excluding hydrogens is 282 g/mol. The van der Waals surface area contributed by atoms with Crippen molar-refractivity contribution in [2.24, 2.45) is 0 Å². The second kappa shape index (κ2) is 9.78. The lowest BCUT2D eigenvalue weighted by atomic mass is 10.3. The quantitative estimate of drug-likeness (QED) is 0.604. The molecule has 0 aliphatic heterocycles. The van der Waals surface area contributed by atoms with E-state index < -0.39 is 0 Å². The number of quaternary nitrogens is 1. The molecule has 0 fully saturated rings. The summed E-state index contributed by atoms with van der Waals surface area (Å²) in [6.45, 7) is 8.26. The minimum Gasteiger partial charge on any atom is -0.494 e. The van der Waals surface area contributed by atoms with Crippen LogP contribution in [-0.2, 0) is 9.59 Å². The third-order valence-electron chi connectivity index (χ3n) is 3.14. The Morgan fingerprint density at radius 2 is 1.68 bits per heavy atom. The summed E-state index contributed by atoms with van der Waals surface area (Å²) in [7, 11) is 0. The van der Waals surface area contributed by atoms with Crippen molar-refractivity contribution >= 4 is 17.5 Å². The van der Waals surface area contributed by atoms with Crippen LogP contribution in [0.3, 0.4) is 0 Å². The standard InChI is InChI=1S/C16H25N3O3/c1-4-17-15(20)11-19(5-2)12-16(21)18-13-7-9-14(10-8-13)22-6-3/h7-10H,4-6,11-12H2,1-3H3,(H,17,20)(H,18,21)/p+1. The van der Waals surface area contributed by atoms with Gasteiger partial charge in [0.05, 0.1) is 13.2 Å². The first-order chi connectivity index (χ1) is 10.6. The molecule has 1 aromatic rings. The molecule has 0 radical (unpaired) electrons. The van der Waals surface area contributed by atoms with E-state index in [1.807, 2.05) is 32.9 Å². The molecule has 3 N–H and O–H groups in total. The zero-order valence-electron chi connectivity index (χ0n) is 13.6. The number of carbonyl (C=O) groups excluding carboxylic acids is 2. The van der Waals surface area contributed by atoms with Crippen LogP contribution in [0.4, 0.5) is 5.69 Å². The molecule has 0 aliphatic rings. The number of anilines is 1. The molecule has 2 amide bonds. The van der Waals surface area contributed by atoms with Crippen LogP contribution in [0, 0.1) is 0 Å². The number of nitrogens with one attached hydrogen (secondary N) is 3. The molecule has 0 bridgehead atoms. The van der Waals surface area contributed by atoms with Gasteiger partial charge in [0.1, 0.15) is 5.75 Å². The molecule has 0 saturated heterocycles. The molecule has 1 unspecified atom stereocenters. The van der Waals surface area contributed by atoms with E-state index in [1.54, 1.807) is 12.1 Å². The summed E-state index contributed by atoms with van der Waals surface area (Å²) in [5.74, 6) is 0.635. The van der Waals surface area contributed by atoms with E-state index in [1.165, 1.54) is 0 Å². The Kier molecular flexibility index (Phi) is 7.99. The average Bonchev–Trinajstić information content (AvgIpc) is 2.49. The molecule has 0 saturated carbocycles. The topological polar surface area (TPSA) is 71.9 Å². The van der Waals surface area contributed by atoms with E-state index in [0.29, 0.717) is 26.2 Å². The largest absolute Gasteiger partial charge is 0.494 e. The molecular formula is C16H26N3O3+. The smallest absolute Gasteiger partial charge is 0.279 e. The number of amides is 2. The van der Waals surface area contributed by atoms with Gasteiger partial charge in [0.15, 0.2) is 13.1 Å². The molecule has 0 heterocycles. The molecule has 6 nitrogen and oxygen atoms in total. The molecule has 6 heteroatoms. The van der Waals surface area contributed by atoms with Gasteiger partial charge in [0, 0.05) is 12.2 Å². The van der Waals surface area contributed by atoms with Crippen LogP contribution in [-0.4, -0.2) is 44.6 Å². The van der Waals surface area contributed by atoms with Gasteiger partial charge < -0.3 is 20.3 Å². The summed E-state index contributed by atoms with van der Waals surface area (Å²) in [4.78, 5) is 24.5. The van der Waals surface area contributed by atoms with Crippen LogP contribution in [0.1, 0.15) is 20.8 Å². The van der Waals surface area contributed by atoms with E-state index in [2.05, 4.69) is 10.6 Å². The molecule has 0 aromatic heterocycles. The van der Waals surface area contributed by atoms with Crippen molar-refractivity contribution in [1.82, 2.24) is 5.32 Å². The van der Waals surface area contributed by atoms with Crippen molar-refractivity contribution in [3.63, 3.8) is 0 Å². The zero-order valence-corrected chi connectivity index (χ0v) is 13.6. The summed E-state index contributed by atoms with van der Waals surface area (Å²) in [5, 5.41) is 5.58. The highest BCUT2D eigenvalue weighted by Gasteiger charge is 2.16. The van der Waals surface area contributed by atoms with Crippen molar-refractivity contribution in [3.05, 3.63) is 24.3 Å². The summed E-state index contributed by atoms with van der Waals surface area (Å²) in [5.41, 5.74) is 0.724. The van der Waals surface area contributed by atoms with Gasteiger partial charge in [0.2, 0.25) is 0 Å². The number of hydrogen-bond acceptors (Lipinski definition) is 3. The molecule has 1 aromatic carbocycles. The van der Waals surface area contributed by atoms with Gasteiger partial charge in [0.25, 0.3) is 11.8 Å². The Morgan fingerprint density at radius 3 is 2.23 bits per heavy atom. The van der Waals surface area contributed by atoms with Gasteiger partial charge in [-0.2, -0.15) is 0 Å². The molecule has 0 aliphatic carbocycles. The van der Waals surface area contributed by atoms with Gasteiger partial charge in [-0.25, -0.2) is 0 Å².